The summed E-state index contributed by atoms with van der Waals surface area (Å²) in [6, 6.07) is 14.5. The number of nitrogens with zero attached hydrogens (tertiary/aromatic N) is 3. The van der Waals surface area contributed by atoms with Crippen molar-refractivity contribution in [1.82, 2.24) is 14.7 Å². The maximum atomic E-state index is 12.5. The molecule has 1 unspecified atom stereocenters. The molecule has 2 aromatic rings. The van der Waals surface area contributed by atoms with E-state index in [1.54, 1.807) is 0 Å². The van der Waals surface area contributed by atoms with Crippen LogP contribution in [0.1, 0.15) is 15.2 Å². The Bertz CT molecular complexity index is 714. The van der Waals surface area contributed by atoms with E-state index in [9.17, 15) is 4.79 Å². The van der Waals surface area contributed by atoms with Gasteiger partial charge in [0, 0.05) is 52.4 Å². The molecule has 6 heteroatoms. The van der Waals surface area contributed by atoms with E-state index < -0.39 is 0 Å². The second kappa shape index (κ2) is 8.97. The van der Waals surface area contributed by atoms with Gasteiger partial charge in [0.05, 0.1) is 17.6 Å². The molecule has 27 heavy (non-hydrogen) atoms. The lowest BCUT2D eigenvalue weighted by Gasteiger charge is -2.39. The van der Waals surface area contributed by atoms with Crippen LogP contribution in [0.15, 0.2) is 47.8 Å². The maximum Gasteiger partial charge on any atom is 0.264 e. The highest BCUT2D eigenvalue weighted by Crippen LogP contribution is 2.16. The van der Waals surface area contributed by atoms with Crippen molar-refractivity contribution >= 4 is 17.2 Å². The molecule has 1 aromatic heterocycles. The summed E-state index contributed by atoms with van der Waals surface area (Å²) in [5.74, 6) is 0.174. The molecule has 1 atom stereocenters. The first kappa shape index (κ1) is 18.6. The molecular weight excluding hydrogens is 358 g/mol. The predicted molar refractivity (Wildman–Crippen MR) is 108 cm³/mol. The van der Waals surface area contributed by atoms with Crippen molar-refractivity contribution in [3.63, 3.8) is 0 Å². The Morgan fingerprint density at radius 3 is 2.56 bits per heavy atom. The van der Waals surface area contributed by atoms with Gasteiger partial charge in [-0.2, -0.15) is 0 Å². The van der Waals surface area contributed by atoms with Gasteiger partial charge in [0.25, 0.3) is 5.91 Å². The van der Waals surface area contributed by atoms with E-state index in [1.807, 2.05) is 22.4 Å². The number of hydrogen-bond donors (Lipinski definition) is 0. The van der Waals surface area contributed by atoms with Crippen molar-refractivity contribution in [2.24, 2.45) is 0 Å². The van der Waals surface area contributed by atoms with Gasteiger partial charge in [-0.1, -0.05) is 36.4 Å². The molecule has 0 bridgehead atoms. The van der Waals surface area contributed by atoms with Crippen LogP contribution in [0.25, 0.3) is 0 Å². The van der Waals surface area contributed by atoms with Crippen LogP contribution in [0, 0.1) is 0 Å². The number of ether oxygens (including phenoxy) is 1. The second-order valence-corrected chi connectivity index (χ2v) is 8.23. The number of benzene rings is 1. The minimum absolute atomic E-state index is 0.174. The van der Waals surface area contributed by atoms with Crippen LogP contribution < -0.4 is 0 Å². The number of morpholine rings is 1. The van der Waals surface area contributed by atoms with Gasteiger partial charge >= 0.3 is 0 Å². The number of rotatable bonds is 5. The van der Waals surface area contributed by atoms with E-state index in [2.05, 4.69) is 40.1 Å². The smallest absolute Gasteiger partial charge is 0.264 e. The molecule has 3 heterocycles. The van der Waals surface area contributed by atoms with Crippen LogP contribution in [0.4, 0.5) is 0 Å². The van der Waals surface area contributed by atoms with Gasteiger partial charge in [0.15, 0.2) is 0 Å². The van der Waals surface area contributed by atoms with Crippen molar-refractivity contribution in [2.75, 3.05) is 52.4 Å². The van der Waals surface area contributed by atoms with Crippen molar-refractivity contribution in [1.29, 1.82) is 0 Å². The Morgan fingerprint density at radius 1 is 1.00 bits per heavy atom. The molecule has 2 saturated heterocycles. The van der Waals surface area contributed by atoms with E-state index in [0.29, 0.717) is 0 Å². The van der Waals surface area contributed by atoms with Gasteiger partial charge < -0.3 is 9.64 Å². The first-order valence-corrected chi connectivity index (χ1v) is 10.6. The summed E-state index contributed by atoms with van der Waals surface area (Å²) < 4.78 is 6.02. The Morgan fingerprint density at radius 2 is 1.81 bits per heavy atom. The predicted octanol–water partition coefficient (Wildman–Crippen LogP) is 2.41. The summed E-state index contributed by atoms with van der Waals surface area (Å²) in [6.45, 7) is 8.17. The molecule has 144 valence electrons. The SMILES string of the molecule is O=C(c1cccs1)N1CCN(CC2CN(Cc3ccccc3)CCO2)CC1. The molecule has 0 radical (unpaired) electrons. The summed E-state index contributed by atoms with van der Waals surface area (Å²) in [5, 5.41) is 1.96. The number of thiophene rings is 1. The molecule has 0 aliphatic carbocycles. The van der Waals surface area contributed by atoms with Crippen LogP contribution in [0.5, 0.6) is 0 Å². The van der Waals surface area contributed by atoms with Gasteiger partial charge in [-0.25, -0.2) is 0 Å². The third kappa shape index (κ3) is 4.96. The average molecular weight is 386 g/mol. The summed E-state index contributed by atoms with van der Waals surface area (Å²) >= 11 is 1.52. The average Bonchev–Trinajstić information content (AvgIpc) is 3.24. The minimum atomic E-state index is 0.174. The van der Waals surface area contributed by atoms with E-state index >= 15 is 0 Å². The minimum Gasteiger partial charge on any atom is -0.374 e. The van der Waals surface area contributed by atoms with E-state index in [4.69, 9.17) is 4.74 Å². The Balaban J connectivity index is 1.23. The number of piperazine rings is 1. The fourth-order valence-corrected chi connectivity index (χ4v) is 4.54. The zero-order chi connectivity index (χ0) is 18.5. The summed E-state index contributed by atoms with van der Waals surface area (Å²) in [7, 11) is 0. The maximum absolute atomic E-state index is 12.5. The van der Waals surface area contributed by atoms with Gasteiger partial charge in [-0.3, -0.25) is 14.6 Å². The third-order valence-electron chi connectivity index (χ3n) is 5.33. The molecule has 0 saturated carbocycles. The molecule has 2 aliphatic rings. The molecule has 4 rings (SSSR count). The van der Waals surface area contributed by atoms with Crippen LogP contribution >= 0.6 is 11.3 Å². The van der Waals surface area contributed by atoms with Crippen molar-refractivity contribution < 1.29 is 9.53 Å². The topological polar surface area (TPSA) is 36.0 Å². The van der Waals surface area contributed by atoms with Crippen molar-refractivity contribution in [2.45, 2.75) is 12.6 Å². The van der Waals surface area contributed by atoms with Crippen molar-refractivity contribution in [3.8, 4) is 0 Å². The quantitative estimate of drug-likeness (QED) is 0.792. The van der Waals surface area contributed by atoms with E-state index in [0.717, 1.165) is 63.8 Å². The van der Waals surface area contributed by atoms with Crippen LogP contribution in [-0.2, 0) is 11.3 Å². The molecular formula is C21H27N3O2S. The summed E-state index contributed by atoms with van der Waals surface area (Å²) in [4.78, 5) is 20.2. The fraction of sp³-hybridized carbons (Fsp3) is 0.476. The lowest BCUT2D eigenvalue weighted by Crippen LogP contribution is -2.53. The third-order valence-corrected chi connectivity index (χ3v) is 6.18. The standard InChI is InChI=1S/C21H27N3O2S/c25-21(20-7-4-14-27-20)24-10-8-22(9-11-24)16-19-17-23(12-13-26-19)15-18-5-2-1-3-6-18/h1-7,14,19H,8-13,15-17H2. The molecule has 0 N–H and O–H groups in total. The van der Waals surface area contributed by atoms with E-state index in [-0.39, 0.29) is 12.0 Å². The molecule has 5 nitrogen and oxygen atoms in total. The van der Waals surface area contributed by atoms with Gasteiger partial charge in [-0.15, -0.1) is 11.3 Å². The first-order valence-electron chi connectivity index (χ1n) is 9.71. The van der Waals surface area contributed by atoms with Crippen LogP contribution in [-0.4, -0.2) is 79.1 Å². The molecule has 2 aliphatic heterocycles. The van der Waals surface area contributed by atoms with Crippen molar-refractivity contribution in [3.05, 3.63) is 58.3 Å². The van der Waals surface area contributed by atoms with E-state index in [1.165, 1.54) is 16.9 Å². The molecule has 2 fully saturated rings. The molecule has 1 aromatic carbocycles. The Kier molecular flexibility index (Phi) is 6.19. The lowest BCUT2D eigenvalue weighted by molar-refractivity contribution is -0.0496. The zero-order valence-electron chi connectivity index (χ0n) is 15.6. The number of carbonyl (C=O) groups excluding carboxylic acids is 1. The Hall–Kier alpha value is -1.73. The number of amides is 1. The second-order valence-electron chi connectivity index (χ2n) is 7.28. The highest BCUT2D eigenvalue weighted by Gasteiger charge is 2.27. The largest absolute Gasteiger partial charge is 0.374 e. The zero-order valence-corrected chi connectivity index (χ0v) is 16.4. The molecule has 1 amide bonds. The first-order chi connectivity index (χ1) is 13.3. The summed E-state index contributed by atoms with van der Waals surface area (Å²) in [5.41, 5.74) is 1.36. The monoisotopic (exact) mass is 385 g/mol. The Labute approximate surface area is 165 Å². The molecule has 0 spiro atoms. The highest BCUT2D eigenvalue weighted by atomic mass is 32.1. The highest BCUT2D eigenvalue weighted by molar-refractivity contribution is 7.12. The van der Waals surface area contributed by atoms with Gasteiger partial charge in [0.1, 0.15) is 0 Å². The van der Waals surface area contributed by atoms with Gasteiger partial charge in [-0.05, 0) is 17.0 Å². The normalized spacial score (nSPS) is 22.1. The van der Waals surface area contributed by atoms with Crippen LogP contribution in [0.2, 0.25) is 0 Å². The van der Waals surface area contributed by atoms with Crippen LogP contribution in [0.3, 0.4) is 0 Å². The lowest BCUT2D eigenvalue weighted by atomic mass is 10.1. The van der Waals surface area contributed by atoms with Gasteiger partial charge in [0.2, 0.25) is 0 Å². The number of carbonyl (C=O) groups is 1. The fourth-order valence-electron chi connectivity index (χ4n) is 3.85. The number of hydrogen-bond acceptors (Lipinski definition) is 5. The summed E-state index contributed by atoms with van der Waals surface area (Å²) in [6.07, 6.45) is 0.252.